The van der Waals surface area contributed by atoms with E-state index in [9.17, 15) is 0 Å². The van der Waals surface area contributed by atoms with Crippen molar-refractivity contribution < 1.29 is 4.74 Å². The molecule has 2 rings (SSSR count). The van der Waals surface area contributed by atoms with Crippen LogP contribution in [-0.4, -0.2) is 12.2 Å². The van der Waals surface area contributed by atoms with Crippen LogP contribution in [0.1, 0.15) is 89.2 Å². The molecule has 1 heteroatoms. The summed E-state index contributed by atoms with van der Waals surface area (Å²) in [5.41, 5.74) is 2.80. The Hall–Kier alpha value is -1.60. The lowest BCUT2D eigenvalue weighted by Gasteiger charge is -2.26. The average Bonchev–Trinajstić information content (AvgIpc) is 2.75. The minimum absolute atomic E-state index is 0.328. The van der Waals surface area contributed by atoms with Gasteiger partial charge in [0, 0.05) is 0 Å². The molecule has 160 valence electrons. The third-order valence-corrected chi connectivity index (χ3v) is 5.76. The second-order valence-electron chi connectivity index (χ2n) is 8.46. The molecule has 0 fully saturated rings. The highest BCUT2D eigenvalue weighted by Crippen LogP contribution is 2.21. The molecule has 2 aromatic carbocycles. The molecule has 0 aromatic heterocycles. The Balaban J connectivity index is 1.99. The Morgan fingerprint density at radius 3 is 1.34 bits per heavy atom. The summed E-state index contributed by atoms with van der Waals surface area (Å²) >= 11 is 0. The third kappa shape index (κ3) is 10.7. The standard InChI is InChI=1S/C28H42O/c1-3-5-7-15-21-27(23-25-17-11-9-12-18-25)29-28(22-16-8-6-4-2)24-26-19-13-10-14-20-26/h9-14,17-20,27-28H,3-8,15-16,21-24H2,1-2H3. The van der Waals surface area contributed by atoms with Crippen molar-refractivity contribution in [3.8, 4) is 0 Å². The largest absolute Gasteiger partial charge is 0.374 e. The molecule has 0 aliphatic heterocycles. The summed E-state index contributed by atoms with van der Waals surface area (Å²) in [4.78, 5) is 0. The number of rotatable bonds is 16. The van der Waals surface area contributed by atoms with Crippen molar-refractivity contribution in [1.82, 2.24) is 0 Å². The summed E-state index contributed by atoms with van der Waals surface area (Å²) in [6.45, 7) is 4.56. The predicted molar refractivity (Wildman–Crippen MR) is 126 cm³/mol. The number of benzene rings is 2. The predicted octanol–water partition coefficient (Wildman–Crippen LogP) is 8.17. The van der Waals surface area contributed by atoms with E-state index in [1.165, 1.54) is 75.3 Å². The van der Waals surface area contributed by atoms with Crippen LogP contribution in [0.3, 0.4) is 0 Å². The second kappa shape index (κ2) is 15.3. The Kier molecular flexibility index (Phi) is 12.5. The molecule has 0 spiro atoms. The molecule has 0 saturated heterocycles. The summed E-state index contributed by atoms with van der Waals surface area (Å²) in [7, 11) is 0. The Labute approximate surface area is 179 Å². The van der Waals surface area contributed by atoms with Gasteiger partial charge in [-0.1, -0.05) is 126 Å². The van der Waals surface area contributed by atoms with E-state index in [0.29, 0.717) is 12.2 Å². The van der Waals surface area contributed by atoms with Gasteiger partial charge >= 0.3 is 0 Å². The monoisotopic (exact) mass is 394 g/mol. The minimum Gasteiger partial charge on any atom is -0.374 e. The van der Waals surface area contributed by atoms with Crippen molar-refractivity contribution in [1.29, 1.82) is 0 Å². The van der Waals surface area contributed by atoms with Crippen LogP contribution in [0.2, 0.25) is 0 Å². The molecule has 0 saturated carbocycles. The molecule has 0 N–H and O–H groups in total. The SMILES string of the molecule is CCCCCCC(Cc1ccccc1)OC(CCCCCC)Cc1ccccc1. The quantitative estimate of drug-likeness (QED) is 0.261. The number of unbranched alkanes of at least 4 members (excludes halogenated alkanes) is 6. The Bertz CT molecular complexity index is 551. The van der Waals surface area contributed by atoms with Crippen LogP contribution in [0.15, 0.2) is 60.7 Å². The molecular formula is C28H42O. The van der Waals surface area contributed by atoms with Gasteiger partial charge in [0.15, 0.2) is 0 Å². The summed E-state index contributed by atoms with van der Waals surface area (Å²) in [5, 5.41) is 0. The van der Waals surface area contributed by atoms with Crippen LogP contribution in [0, 0.1) is 0 Å². The smallest absolute Gasteiger partial charge is 0.0619 e. The van der Waals surface area contributed by atoms with Crippen LogP contribution < -0.4 is 0 Å². The Morgan fingerprint density at radius 2 is 0.966 bits per heavy atom. The molecule has 2 aromatic rings. The maximum absolute atomic E-state index is 6.82. The molecule has 1 nitrogen and oxygen atoms in total. The maximum Gasteiger partial charge on any atom is 0.0619 e. The number of ether oxygens (including phenoxy) is 1. The highest BCUT2D eigenvalue weighted by atomic mass is 16.5. The number of hydrogen-bond acceptors (Lipinski definition) is 1. The molecule has 0 aliphatic carbocycles. The zero-order valence-corrected chi connectivity index (χ0v) is 18.8. The highest BCUT2D eigenvalue weighted by Gasteiger charge is 2.18. The fourth-order valence-corrected chi connectivity index (χ4v) is 4.06. The molecule has 2 unspecified atom stereocenters. The van der Waals surface area contributed by atoms with Gasteiger partial charge in [0.05, 0.1) is 12.2 Å². The minimum atomic E-state index is 0.328. The van der Waals surface area contributed by atoms with E-state index in [0.717, 1.165) is 12.8 Å². The first-order valence-electron chi connectivity index (χ1n) is 12.0. The van der Waals surface area contributed by atoms with Crippen molar-refractivity contribution >= 4 is 0 Å². The fraction of sp³-hybridized carbons (Fsp3) is 0.571. The van der Waals surface area contributed by atoms with Gasteiger partial charge in [-0.15, -0.1) is 0 Å². The normalized spacial score (nSPS) is 13.3. The van der Waals surface area contributed by atoms with Crippen LogP contribution in [0.5, 0.6) is 0 Å². The fourth-order valence-electron chi connectivity index (χ4n) is 4.06. The van der Waals surface area contributed by atoms with Gasteiger partial charge in [-0.25, -0.2) is 0 Å². The van der Waals surface area contributed by atoms with Gasteiger partial charge in [0.1, 0.15) is 0 Å². The van der Waals surface area contributed by atoms with Crippen LogP contribution in [0.25, 0.3) is 0 Å². The van der Waals surface area contributed by atoms with Crippen molar-refractivity contribution in [3.63, 3.8) is 0 Å². The molecule has 0 amide bonds. The van der Waals surface area contributed by atoms with Crippen molar-refractivity contribution in [2.45, 2.75) is 103 Å². The summed E-state index contributed by atoms with van der Waals surface area (Å²) < 4.78 is 6.82. The molecule has 0 aliphatic rings. The van der Waals surface area contributed by atoms with E-state index >= 15 is 0 Å². The first kappa shape index (κ1) is 23.7. The van der Waals surface area contributed by atoms with Gasteiger partial charge in [0.25, 0.3) is 0 Å². The first-order valence-corrected chi connectivity index (χ1v) is 12.0. The highest BCUT2D eigenvalue weighted by molar-refractivity contribution is 5.16. The molecule has 0 radical (unpaired) electrons. The van der Waals surface area contributed by atoms with Crippen molar-refractivity contribution in [2.75, 3.05) is 0 Å². The molecule has 0 bridgehead atoms. The Morgan fingerprint density at radius 1 is 0.552 bits per heavy atom. The van der Waals surface area contributed by atoms with E-state index < -0.39 is 0 Å². The topological polar surface area (TPSA) is 9.23 Å². The van der Waals surface area contributed by atoms with Gasteiger partial charge in [-0.05, 0) is 36.8 Å². The maximum atomic E-state index is 6.82. The van der Waals surface area contributed by atoms with E-state index in [2.05, 4.69) is 74.5 Å². The molecule has 0 heterocycles. The second-order valence-corrected chi connectivity index (χ2v) is 8.46. The lowest BCUT2D eigenvalue weighted by molar-refractivity contribution is -0.0217. The van der Waals surface area contributed by atoms with Crippen LogP contribution >= 0.6 is 0 Å². The zero-order chi connectivity index (χ0) is 20.6. The van der Waals surface area contributed by atoms with Gasteiger partial charge in [-0.2, -0.15) is 0 Å². The lowest BCUT2D eigenvalue weighted by atomic mass is 9.99. The first-order chi connectivity index (χ1) is 14.3. The van der Waals surface area contributed by atoms with Crippen molar-refractivity contribution in [3.05, 3.63) is 71.8 Å². The average molecular weight is 395 g/mol. The summed E-state index contributed by atoms with van der Waals surface area (Å²) in [5.74, 6) is 0. The molecule has 2 atom stereocenters. The summed E-state index contributed by atoms with van der Waals surface area (Å²) in [6.07, 6.45) is 15.5. The van der Waals surface area contributed by atoms with E-state index in [1.807, 2.05) is 0 Å². The van der Waals surface area contributed by atoms with E-state index in [4.69, 9.17) is 4.74 Å². The number of hydrogen-bond donors (Lipinski definition) is 0. The van der Waals surface area contributed by atoms with Crippen LogP contribution in [0.4, 0.5) is 0 Å². The van der Waals surface area contributed by atoms with Crippen LogP contribution in [-0.2, 0) is 17.6 Å². The third-order valence-electron chi connectivity index (χ3n) is 5.76. The lowest BCUT2D eigenvalue weighted by Crippen LogP contribution is -2.26. The molecule has 29 heavy (non-hydrogen) atoms. The van der Waals surface area contributed by atoms with Gasteiger partial charge in [0.2, 0.25) is 0 Å². The van der Waals surface area contributed by atoms with E-state index in [-0.39, 0.29) is 0 Å². The van der Waals surface area contributed by atoms with E-state index in [1.54, 1.807) is 0 Å². The van der Waals surface area contributed by atoms with Crippen molar-refractivity contribution in [2.24, 2.45) is 0 Å². The summed E-state index contributed by atoms with van der Waals surface area (Å²) in [6, 6.07) is 21.8. The van der Waals surface area contributed by atoms with Gasteiger partial charge in [-0.3, -0.25) is 0 Å². The molecular weight excluding hydrogens is 352 g/mol. The zero-order valence-electron chi connectivity index (χ0n) is 18.8. The van der Waals surface area contributed by atoms with Gasteiger partial charge < -0.3 is 4.74 Å².